The Labute approximate surface area is 157 Å². The number of urea groups is 1. The first-order valence-corrected chi connectivity index (χ1v) is 9.77. The maximum absolute atomic E-state index is 12.8. The van der Waals surface area contributed by atoms with Crippen LogP contribution in [0.15, 0.2) is 29.2 Å². The zero-order valence-electron chi connectivity index (χ0n) is 13.3. The van der Waals surface area contributed by atoms with Crippen molar-refractivity contribution >= 4 is 43.4 Å². The lowest BCUT2D eigenvalue weighted by molar-refractivity contribution is -0.137. The van der Waals surface area contributed by atoms with Crippen LogP contribution in [-0.4, -0.2) is 20.2 Å². The predicted molar refractivity (Wildman–Crippen MR) is 93.9 cm³/mol. The number of amides is 2. The summed E-state index contributed by atoms with van der Waals surface area (Å²) >= 11 is 10.6. The Kier molecular flexibility index (Phi) is 5.73. The van der Waals surface area contributed by atoms with Crippen molar-refractivity contribution < 1.29 is 22.2 Å². The molecule has 0 aliphatic rings. The quantitative estimate of drug-likeness (QED) is 0.786. The third kappa shape index (κ3) is 5.02. The normalized spacial score (nSPS) is 13.8. The molecule has 0 spiro atoms. The molecule has 1 unspecified atom stereocenters. The molecule has 1 heterocycles. The number of anilines is 1. The Bertz CT molecular complexity index is 945. The second kappa shape index (κ2) is 7.33. The van der Waals surface area contributed by atoms with Crippen LogP contribution in [0.4, 0.5) is 23.9 Å². The van der Waals surface area contributed by atoms with E-state index in [9.17, 15) is 22.2 Å². The number of alkyl halides is 3. The second-order valence-electron chi connectivity index (χ2n) is 5.18. The van der Waals surface area contributed by atoms with Gasteiger partial charge in [0.05, 0.1) is 15.5 Å². The minimum Gasteiger partial charge on any atom is -0.275 e. The van der Waals surface area contributed by atoms with Gasteiger partial charge in [0.1, 0.15) is 8.68 Å². The predicted octanol–water partition coefficient (Wildman–Crippen LogP) is 3.61. The van der Waals surface area contributed by atoms with Gasteiger partial charge in [-0.3, -0.25) is 10.0 Å². The number of hydrogen-bond acceptors (Lipinski definition) is 5. The highest BCUT2D eigenvalue weighted by Gasteiger charge is 2.32. The zero-order chi connectivity index (χ0) is 19.7. The van der Waals surface area contributed by atoms with Gasteiger partial charge in [-0.1, -0.05) is 11.6 Å². The van der Waals surface area contributed by atoms with Crippen molar-refractivity contribution in [2.45, 2.75) is 24.9 Å². The molecule has 12 heteroatoms. The second-order valence-corrected chi connectivity index (χ2v) is 8.64. The van der Waals surface area contributed by atoms with Gasteiger partial charge in [-0.25, -0.2) is 19.0 Å². The van der Waals surface area contributed by atoms with Gasteiger partial charge in [-0.2, -0.15) is 13.2 Å². The molecule has 0 bridgehead atoms. The summed E-state index contributed by atoms with van der Waals surface area (Å²) in [5.41, 5.74) is 0.0648. The van der Waals surface area contributed by atoms with E-state index in [1.807, 2.05) is 4.72 Å². The monoisotopic (exact) mass is 424 g/mol. The third-order valence-corrected chi connectivity index (χ3v) is 5.58. The summed E-state index contributed by atoms with van der Waals surface area (Å²) in [7, 11) is -3.83. The average Bonchev–Trinajstić information content (AvgIpc) is 2.44. The summed E-state index contributed by atoms with van der Waals surface area (Å²) in [5, 5.41) is 1.97. The van der Waals surface area contributed by atoms with E-state index in [1.54, 1.807) is 19.9 Å². The summed E-state index contributed by atoms with van der Waals surface area (Å²) in [4.78, 5) is 19.4. The van der Waals surface area contributed by atoms with Crippen molar-refractivity contribution in [2.24, 2.45) is 0 Å². The van der Waals surface area contributed by atoms with Gasteiger partial charge >= 0.3 is 12.2 Å². The molecule has 1 atom stereocenters. The van der Waals surface area contributed by atoms with Crippen LogP contribution in [0.25, 0.3) is 0 Å². The number of benzene rings is 1. The highest BCUT2D eigenvalue weighted by atomic mass is 35.5. The number of nitrogens with one attached hydrogen (secondary N) is 2. The van der Waals surface area contributed by atoms with Gasteiger partial charge in [0.15, 0.2) is 0 Å². The van der Waals surface area contributed by atoms with E-state index in [4.69, 9.17) is 22.8 Å². The van der Waals surface area contributed by atoms with Crippen molar-refractivity contribution in [2.75, 3.05) is 5.32 Å². The third-order valence-electron chi connectivity index (χ3n) is 2.98. The fourth-order valence-corrected chi connectivity index (χ4v) is 4.20. The molecule has 2 amide bonds. The van der Waals surface area contributed by atoms with Crippen molar-refractivity contribution in [3.63, 3.8) is 0 Å². The smallest absolute Gasteiger partial charge is 0.275 e. The van der Waals surface area contributed by atoms with Crippen LogP contribution in [0.1, 0.15) is 17.0 Å². The van der Waals surface area contributed by atoms with Crippen LogP contribution >= 0.6 is 11.6 Å². The molecule has 6 nitrogen and oxygen atoms in total. The van der Waals surface area contributed by atoms with Gasteiger partial charge in [0, 0.05) is 22.6 Å². The van der Waals surface area contributed by atoms with Crippen LogP contribution in [0.3, 0.4) is 0 Å². The Morgan fingerprint density at radius 2 is 1.77 bits per heavy atom. The molecule has 0 fully saturated rings. The number of rotatable bonds is 3. The molecule has 2 aromatic rings. The number of hydrogen-bond donors (Lipinski definition) is 2. The molecule has 2 N–H and O–H groups in total. The SMILES string of the molecule is Cc1cc(C)nc(NC(=O)NS(=O)(=S)c2cc(C(F)(F)F)ccc2Cl)n1. The number of halogens is 4. The van der Waals surface area contributed by atoms with Crippen molar-refractivity contribution in [1.82, 2.24) is 14.7 Å². The Balaban J connectivity index is 2.26. The summed E-state index contributed by atoms with van der Waals surface area (Å²) in [6.45, 7) is 3.35. The number of carbonyl (C=O) groups excluding carboxylic acids is 1. The van der Waals surface area contributed by atoms with E-state index < -0.39 is 31.3 Å². The highest BCUT2D eigenvalue weighted by Crippen LogP contribution is 2.33. The molecule has 1 aromatic carbocycles. The number of nitrogens with zero attached hydrogens (tertiary/aromatic N) is 2. The van der Waals surface area contributed by atoms with Gasteiger partial charge in [-0.15, -0.1) is 0 Å². The first kappa shape index (κ1) is 20.3. The molecule has 26 heavy (non-hydrogen) atoms. The minimum absolute atomic E-state index is 0.0691. The van der Waals surface area contributed by atoms with E-state index in [0.717, 1.165) is 12.1 Å². The number of aryl methyl sites for hydroxylation is 2. The average molecular weight is 425 g/mol. The molecular weight excluding hydrogens is 413 g/mol. The number of carbonyl (C=O) groups is 1. The lowest BCUT2D eigenvalue weighted by Gasteiger charge is -2.14. The van der Waals surface area contributed by atoms with Gasteiger partial charge in [0.2, 0.25) is 5.95 Å². The van der Waals surface area contributed by atoms with Crippen molar-refractivity contribution in [1.29, 1.82) is 0 Å². The summed E-state index contributed by atoms with van der Waals surface area (Å²) in [5.74, 6) is -0.0691. The standard InChI is InChI=1S/C14H12ClF3N4O2S2/c1-7-5-8(2)20-12(19-7)21-13(23)22-26(24,25)11-6-9(14(16,17)18)3-4-10(11)15/h3-6H,1-2H3,(H2,19,20,21,22,23). The van der Waals surface area contributed by atoms with Crippen LogP contribution in [0, 0.1) is 13.8 Å². The maximum Gasteiger partial charge on any atom is 0.416 e. The molecule has 0 saturated carbocycles. The van der Waals surface area contributed by atoms with E-state index in [0.29, 0.717) is 17.5 Å². The van der Waals surface area contributed by atoms with Gasteiger partial charge in [-0.05, 0) is 38.1 Å². The molecule has 140 valence electrons. The van der Waals surface area contributed by atoms with Gasteiger partial charge in [0.25, 0.3) is 0 Å². The molecule has 0 saturated heterocycles. The Morgan fingerprint density at radius 3 is 2.31 bits per heavy atom. The van der Waals surface area contributed by atoms with Crippen LogP contribution in [0.5, 0.6) is 0 Å². The molecule has 1 aromatic heterocycles. The van der Waals surface area contributed by atoms with Crippen LogP contribution < -0.4 is 10.0 Å². The zero-order valence-corrected chi connectivity index (χ0v) is 15.7. The lowest BCUT2D eigenvalue weighted by Crippen LogP contribution is -2.34. The van der Waals surface area contributed by atoms with Crippen LogP contribution in [0.2, 0.25) is 5.02 Å². The van der Waals surface area contributed by atoms with E-state index in [1.165, 1.54) is 0 Å². The van der Waals surface area contributed by atoms with Crippen molar-refractivity contribution in [3.8, 4) is 0 Å². The first-order chi connectivity index (χ1) is 11.9. The lowest BCUT2D eigenvalue weighted by atomic mass is 10.2. The minimum atomic E-state index is -4.68. The molecule has 2 rings (SSSR count). The van der Waals surface area contributed by atoms with Gasteiger partial charge < -0.3 is 0 Å². The summed E-state index contributed by atoms with van der Waals surface area (Å²) in [6.07, 6.45) is -4.68. The first-order valence-electron chi connectivity index (χ1n) is 6.91. The van der Waals surface area contributed by atoms with Crippen LogP contribution in [-0.2, 0) is 26.0 Å². The van der Waals surface area contributed by atoms with E-state index in [-0.39, 0.29) is 11.0 Å². The summed E-state index contributed by atoms with van der Waals surface area (Å²) in [6, 6.07) is 2.81. The fourth-order valence-electron chi connectivity index (χ4n) is 1.97. The highest BCUT2D eigenvalue weighted by molar-refractivity contribution is 8.32. The van der Waals surface area contributed by atoms with E-state index >= 15 is 0 Å². The number of aromatic nitrogens is 2. The Hall–Kier alpha value is -1.98. The maximum atomic E-state index is 12.8. The fraction of sp³-hybridized carbons (Fsp3) is 0.214. The van der Waals surface area contributed by atoms with Crippen molar-refractivity contribution in [3.05, 3.63) is 46.2 Å². The Morgan fingerprint density at radius 1 is 1.19 bits per heavy atom. The molecule has 0 aliphatic carbocycles. The molecule has 0 radical (unpaired) electrons. The largest absolute Gasteiger partial charge is 0.416 e. The molecular formula is C14H12ClF3N4O2S2. The summed E-state index contributed by atoms with van der Waals surface area (Å²) < 4.78 is 53.0. The topological polar surface area (TPSA) is 84.0 Å². The molecule has 0 aliphatic heterocycles. The van der Waals surface area contributed by atoms with E-state index in [2.05, 4.69) is 15.3 Å².